The van der Waals surface area contributed by atoms with Crippen molar-refractivity contribution in [3.05, 3.63) is 0 Å². The molecule has 0 saturated heterocycles. The summed E-state index contributed by atoms with van der Waals surface area (Å²) in [6, 6.07) is 0. The van der Waals surface area contributed by atoms with Crippen LogP contribution in [-0.2, 0) is 0 Å². The Labute approximate surface area is 58.1 Å². The normalized spacial score (nSPS) is 15.7. The van der Waals surface area contributed by atoms with Gasteiger partial charge in [-0.1, -0.05) is 19.6 Å². The van der Waals surface area contributed by atoms with Crippen LogP contribution in [0.15, 0.2) is 0 Å². The minimum atomic E-state index is -1.31. The van der Waals surface area contributed by atoms with Gasteiger partial charge in [-0.2, -0.15) is 0 Å². The van der Waals surface area contributed by atoms with Gasteiger partial charge in [0.15, 0.2) is 0 Å². The van der Waals surface area contributed by atoms with E-state index in [0.29, 0.717) is 6.54 Å². The molecule has 0 saturated carbocycles. The minimum absolute atomic E-state index is 0.123. The van der Waals surface area contributed by atoms with Crippen molar-refractivity contribution in [2.24, 2.45) is 5.73 Å². The number of aliphatic hydroxyl groups is 1. The van der Waals surface area contributed by atoms with Gasteiger partial charge >= 0.3 is 0 Å². The fraction of sp³-hybridized carbons (Fsp3) is 1.00. The number of hydrogen-bond donors (Lipinski definition) is 2. The highest BCUT2D eigenvalue weighted by atomic mass is 28.3. The lowest BCUT2D eigenvalue weighted by Crippen LogP contribution is -2.39. The van der Waals surface area contributed by atoms with E-state index in [9.17, 15) is 5.11 Å². The molecule has 0 radical (unpaired) electrons. The molecule has 0 amide bonds. The minimum Gasteiger partial charge on any atom is -0.397 e. The predicted molar refractivity (Wildman–Crippen MR) is 43.0 cm³/mol. The van der Waals surface area contributed by atoms with Crippen LogP contribution in [0.25, 0.3) is 0 Å². The average Bonchev–Trinajstić information content (AvgIpc) is 1.64. The predicted octanol–water partition coefficient (Wildman–Crippen LogP) is 0.574. The van der Waals surface area contributed by atoms with Gasteiger partial charge < -0.3 is 10.8 Å². The third kappa shape index (κ3) is 3.67. The third-order valence-corrected chi connectivity index (χ3v) is 3.73. The van der Waals surface area contributed by atoms with Crippen LogP contribution in [0.2, 0.25) is 19.6 Å². The Morgan fingerprint density at radius 3 is 2.00 bits per heavy atom. The number of hydrogen-bond acceptors (Lipinski definition) is 2. The molecule has 0 spiro atoms. The van der Waals surface area contributed by atoms with Crippen LogP contribution < -0.4 is 5.73 Å². The van der Waals surface area contributed by atoms with Crippen molar-refractivity contribution in [3.8, 4) is 0 Å². The molecule has 0 aliphatic carbocycles. The first-order chi connectivity index (χ1) is 3.98. The van der Waals surface area contributed by atoms with E-state index in [1.807, 2.05) is 0 Å². The van der Waals surface area contributed by atoms with Gasteiger partial charge in [0.2, 0.25) is 0 Å². The van der Waals surface area contributed by atoms with E-state index >= 15 is 0 Å². The summed E-state index contributed by atoms with van der Waals surface area (Å²) in [6.45, 7) is 7.04. The smallest absolute Gasteiger partial charge is 0.0782 e. The van der Waals surface area contributed by atoms with Crippen molar-refractivity contribution in [3.63, 3.8) is 0 Å². The van der Waals surface area contributed by atoms with E-state index in [1.54, 1.807) is 0 Å². The molecular formula is C6H17NOSi. The van der Waals surface area contributed by atoms with Crippen LogP contribution in [0.1, 0.15) is 6.42 Å². The van der Waals surface area contributed by atoms with Crippen molar-refractivity contribution >= 4 is 8.07 Å². The van der Waals surface area contributed by atoms with Crippen molar-refractivity contribution in [1.82, 2.24) is 0 Å². The zero-order valence-corrected chi connectivity index (χ0v) is 7.52. The molecule has 0 rings (SSSR count). The molecular weight excluding hydrogens is 130 g/mol. The first kappa shape index (κ1) is 9.14. The number of nitrogens with two attached hydrogens (primary N) is 1. The van der Waals surface area contributed by atoms with Gasteiger partial charge in [0, 0.05) is 5.73 Å². The summed E-state index contributed by atoms with van der Waals surface area (Å²) in [6.07, 6.45) is 0.760. The molecule has 56 valence electrons. The van der Waals surface area contributed by atoms with E-state index in [1.165, 1.54) is 0 Å². The molecule has 3 heteroatoms. The van der Waals surface area contributed by atoms with Gasteiger partial charge in [-0.15, -0.1) is 0 Å². The maximum atomic E-state index is 9.37. The van der Waals surface area contributed by atoms with Gasteiger partial charge in [-0.25, -0.2) is 0 Å². The second-order valence-electron chi connectivity index (χ2n) is 3.46. The average molecular weight is 147 g/mol. The van der Waals surface area contributed by atoms with Gasteiger partial charge in [-0.05, 0) is 13.0 Å². The monoisotopic (exact) mass is 147 g/mol. The largest absolute Gasteiger partial charge is 0.397 e. The lowest BCUT2D eigenvalue weighted by Gasteiger charge is -2.22. The highest BCUT2D eigenvalue weighted by Crippen LogP contribution is 2.09. The summed E-state index contributed by atoms with van der Waals surface area (Å²) in [7, 11) is -1.31. The maximum Gasteiger partial charge on any atom is 0.0782 e. The van der Waals surface area contributed by atoms with Crippen LogP contribution in [0.4, 0.5) is 0 Å². The second kappa shape index (κ2) is 3.34. The SMILES string of the molecule is C[Si](C)(C)C(O)CCN. The Morgan fingerprint density at radius 1 is 1.44 bits per heavy atom. The molecule has 0 aromatic carbocycles. The van der Waals surface area contributed by atoms with Crippen LogP contribution >= 0.6 is 0 Å². The number of aliphatic hydroxyl groups excluding tert-OH is 1. The van der Waals surface area contributed by atoms with E-state index < -0.39 is 8.07 Å². The molecule has 1 atom stereocenters. The van der Waals surface area contributed by atoms with E-state index in [-0.39, 0.29) is 5.73 Å². The molecule has 0 aromatic rings. The molecule has 3 N–H and O–H groups in total. The van der Waals surface area contributed by atoms with Gasteiger partial charge in [0.25, 0.3) is 0 Å². The summed E-state index contributed by atoms with van der Waals surface area (Å²) in [5, 5.41) is 9.37. The number of rotatable bonds is 3. The molecule has 0 aliphatic heterocycles. The Balaban J connectivity index is 3.59. The third-order valence-electron chi connectivity index (χ3n) is 1.44. The summed E-state index contributed by atoms with van der Waals surface area (Å²) in [4.78, 5) is 0. The van der Waals surface area contributed by atoms with Crippen molar-refractivity contribution in [1.29, 1.82) is 0 Å². The second-order valence-corrected chi connectivity index (χ2v) is 8.86. The molecule has 0 bridgehead atoms. The molecule has 0 aliphatic rings. The lowest BCUT2D eigenvalue weighted by molar-refractivity contribution is 0.236. The Hall–Kier alpha value is 0.137. The van der Waals surface area contributed by atoms with Crippen molar-refractivity contribution < 1.29 is 5.11 Å². The Bertz CT molecular complexity index is 79.6. The van der Waals surface area contributed by atoms with Crippen molar-refractivity contribution in [2.45, 2.75) is 31.8 Å². The van der Waals surface area contributed by atoms with Crippen LogP contribution in [0.3, 0.4) is 0 Å². The fourth-order valence-electron chi connectivity index (χ4n) is 0.591. The fourth-order valence-corrected chi connectivity index (χ4v) is 1.62. The van der Waals surface area contributed by atoms with Crippen LogP contribution in [0, 0.1) is 0 Å². The maximum absolute atomic E-state index is 9.37. The van der Waals surface area contributed by atoms with Crippen LogP contribution in [-0.4, -0.2) is 25.5 Å². The zero-order valence-electron chi connectivity index (χ0n) is 6.52. The molecule has 0 fully saturated rings. The highest BCUT2D eigenvalue weighted by Gasteiger charge is 2.22. The first-order valence-electron chi connectivity index (χ1n) is 3.36. The van der Waals surface area contributed by atoms with Gasteiger partial charge in [0.05, 0.1) is 8.07 Å². The first-order valence-corrected chi connectivity index (χ1v) is 6.94. The van der Waals surface area contributed by atoms with Crippen LogP contribution in [0.5, 0.6) is 0 Å². The van der Waals surface area contributed by atoms with E-state index in [2.05, 4.69) is 19.6 Å². The Kier molecular flexibility index (Phi) is 3.39. The standard InChI is InChI=1S/C6H17NOSi/c1-9(2,3)6(8)4-5-7/h6,8H,4-5,7H2,1-3H3. The quantitative estimate of drug-likeness (QED) is 0.573. The summed E-state index contributed by atoms with van der Waals surface area (Å²) >= 11 is 0. The molecule has 9 heavy (non-hydrogen) atoms. The van der Waals surface area contributed by atoms with Gasteiger partial charge in [0.1, 0.15) is 0 Å². The molecule has 0 heterocycles. The highest BCUT2D eigenvalue weighted by molar-refractivity contribution is 6.77. The summed E-state index contributed by atoms with van der Waals surface area (Å²) in [5.41, 5.74) is 5.17. The van der Waals surface area contributed by atoms with Crippen molar-refractivity contribution in [2.75, 3.05) is 6.54 Å². The van der Waals surface area contributed by atoms with Gasteiger partial charge in [-0.3, -0.25) is 0 Å². The van der Waals surface area contributed by atoms with E-state index in [0.717, 1.165) is 6.42 Å². The Morgan fingerprint density at radius 2 is 1.89 bits per heavy atom. The molecule has 0 aromatic heterocycles. The zero-order chi connectivity index (χ0) is 7.49. The molecule has 2 nitrogen and oxygen atoms in total. The summed E-state index contributed by atoms with van der Waals surface area (Å²) in [5.74, 6) is 0. The summed E-state index contributed by atoms with van der Waals surface area (Å²) < 4.78 is 0. The topological polar surface area (TPSA) is 46.2 Å². The molecule has 1 unspecified atom stereocenters. The van der Waals surface area contributed by atoms with E-state index in [4.69, 9.17) is 5.73 Å². The lowest BCUT2D eigenvalue weighted by atomic mass is 10.5.